The lowest BCUT2D eigenvalue weighted by Crippen LogP contribution is -2.30. The molecule has 0 spiro atoms. The highest BCUT2D eigenvalue weighted by molar-refractivity contribution is 8.00. The van der Waals surface area contributed by atoms with Gasteiger partial charge in [0, 0.05) is 27.9 Å². The summed E-state index contributed by atoms with van der Waals surface area (Å²) in [5.41, 5.74) is 0.521. The van der Waals surface area contributed by atoms with Crippen LogP contribution in [0.15, 0.2) is 47.6 Å². The molecule has 0 aliphatic carbocycles. The predicted molar refractivity (Wildman–Crippen MR) is 85.8 cm³/mol. The van der Waals surface area contributed by atoms with E-state index in [0.717, 1.165) is 4.73 Å². The fourth-order valence-electron chi connectivity index (χ4n) is 1.61. The van der Waals surface area contributed by atoms with Crippen molar-refractivity contribution in [3.63, 3.8) is 0 Å². The van der Waals surface area contributed by atoms with Crippen LogP contribution in [-0.4, -0.2) is 11.2 Å². The lowest BCUT2D eigenvalue weighted by Gasteiger charge is -2.12. The third kappa shape index (κ3) is 4.52. The largest absolute Gasteiger partial charge is 0.618 e. The van der Waals surface area contributed by atoms with Crippen LogP contribution in [0.3, 0.4) is 0 Å². The average Bonchev–Trinajstić information content (AvgIpc) is 2.40. The topological polar surface area (TPSA) is 56.0 Å². The average molecular weight is 343 g/mol. The second-order valence-electron chi connectivity index (χ2n) is 4.27. The third-order valence-electron chi connectivity index (χ3n) is 2.59. The SMILES string of the molecule is C[C@H](Sc1cccc[n+]1[O-])C(=O)Nc1cc(Cl)cc(Cl)c1. The molecule has 1 aromatic heterocycles. The number of anilines is 1. The zero-order chi connectivity index (χ0) is 15.4. The number of nitrogens with one attached hydrogen (secondary N) is 1. The fourth-order valence-corrected chi connectivity index (χ4v) is 2.98. The third-order valence-corrected chi connectivity index (χ3v) is 4.15. The van der Waals surface area contributed by atoms with E-state index in [2.05, 4.69) is 5.32 Å². The molecule has 1 atom stereocenters. The van der Waals surface area contributed by atoms with E-state index >= 15 is 0 Å². The Bertz CT molecular complexity index is 647. The van der Waals surface area contributed by atoms with Gasteiger partial charge in [0.1, 0.15) is 0 Å². The van der Waals surface area contributed by atoms with Gasteiger partial charge >= 0.3 is 0 Å². The number of aromatic nitrogens is 1. The first-order valence-electron chi connectivity index (χ1n) is 6.07. The number of hydrogen-bond donors (Lipinski definition) is 1. The molecule has 0 saturated carbocycles. The summed E-state index contributed by atoms with van der Waals surface area (Å²) in [4.78, 5) is 12.1. The number of rotatable bonds is 4. The second kappa shape index (κ2) is 7.02. The summed E-state index contributed by atoms with van der Waals surface area (Å²) in [6, 6.07) is 9.85. The van der Waals surface area contributed by atoms with E-state index in [4.69, 9.17) is 23.2 Å². The van der Waals surface area contributed by atoms with Gasteiger partial charge in [0.25, 0.3) is 5.03 Å². The Balaban J connectivity index is 2.04. The molecule has 1 aromatic carbocycles. The van der Waals surface area contributed by atoms with E-state index in [1.54, 1.807) is 43.3 Å². The molecular weight excluding hydrogens is 331 g/mol. The van der Waals surface area contributed by atoms with Gasteiger partial charge in [0.2, 0.25) is 5.91 Å². The van der Waals surface area contributed by atoms with Crippen LogP contribution < -0.4 is 10.0 Å². The molecule has 0 bridgehead atoms. The quantitative estimate of drug-likeness (QED) is 0.523. The van der Waals surface area contributed by atoms with Gasteiger partial charge in [-0.05, 0) is 43.0 Å². The summed E-state index contributed by atoms with van der Waals surface area (Å²) in [6.07, 6.45) is 1.39. The minimum Gasteiger partial charge on any atom is -0.618 e. The van der Waals surface area contributed by atoms with Crippen molar-refractivity contribution in [2.45, 2.75) is 17.2 Å². The van der Waals surface area contributed by atoms with E-state index < -0.39 is 5.25 Å². The van der Waals surface area contributed by atoms with E-state index in [9.17, 15) is 10.0 Å². The maximum atomic E-state index is 12.1. The van der Waals surface area contributed by atoms with Crippen LogP contribution in [-0.2, 0) is 4.79 Å². The van der Waals surface area contributed by atoms with E-state index in [-0.39, 0.29) is 5.91 Å². The summed E-state index contributed by atoms with van der Waals surface area (Å²) in [5, 5.41) is 15.2. The zero-order valence-corrected chi connectivity index (χ0v) is 13.4. The van der Waals surface area contributed by atoms with Crippen molar-refractivity contribution in [2.75, 3.05) is 5.32 Å². The first kappa shape index (κ1) is 15.9. The maximum Gasteiger partial charge on any atom is 0.252 e. The highest BCUT2D eigenvalue weighted by atomic mass is 35.5. The van der Waals surface area contributed by atoms with Crippen molar-refractivity contribution in [1.82, 2.24) is 0 Å². The highest BCUT2D eigenvalue weighted by Gasteiger charge is 2.19. The number of thioether (sulfide) groups is 1. The van der Waals surface area contributed by atoms with Gasteiger partial charge < -0.3 is 10.5 Å². The van der Waals surface area contributed by atoms with Gasteiger partial charge in [-0.1, -0.05) is 23.2 Å². The standard InChI is InChI=1S/C14H12Cl2N2O2S/c1-9(21-13-4-2-3-5-18(13)20)14(19)17-12-7-10(15)6-11(16)8-12/h2-9H,1H3,(H,17,19)/t9-/m0/s1. The normalized spacial score (nSPS) is 12.0. The second-order valence-corrected chi connectivity index (χ2v) is 6.51. The summed E-state index contributed by atoms with van der Waals surface area (Å²) in [7, 11) is 0. The molecule has 21 heavy (non-hydrogen) atoms. The molecule has 7 heteroatoms. The molecule has 0 aliphatic rings. The number of carbonyl (C=O) groups excluding carboxylic acids is 1. The lowest BCUT2D eigenvalue weighted by molar-refractivity contribution is -0.645. The molecule has 2 aromatic rings. The van der Waals surface area contributed by atoms with Crippen LogP contribution in [0.4, 0.5) is 5.69 Å². The predicted octanol–water partition coefficient (Wildman–Crippen LogP) is 3.75. The number of hydrogen-bond acceptors (Lipinski definition) is 3. The van der Waals surface area contributed by atoms with Crippen molar-refractivity contribution in [3.8, 4) is 0 Å². The van der Waals surface area contributed by atoms with Crippen molar-refractivity contribution in [3.05, 3.63) is 57.8 Å². The van der Waals surface area contributed by atoms with Gasteiger partial charge in [-0.3, -0.25) is 4.79 Å². The van der Waals surface area contributed by atoms with Gasteiger partial charge in [0.05, 0.1) is 5.25 Å². The molecule has 2 rings (SSSR count). The molecule has 1 amide bonds. The molecule has 0 unspecified atom stereocenters. The van der Waals surface area contributed by atoms with Crippen LogP contribution in [0.25, 0.3) is 0 Å². The lowest BCUT2D eigenvalue weighted by atomic mass is 10.3. The monoisotopic (exact) mass is 342 g/mol. The molecule has 1 heterocycles. The first-order chi connectivity index (χ1) is 9.95. The molecule has 4 nitrogen and oxygen atoms in total. The number of pyridine rings is 1. The summed E-state index contributed by atoms with van der Waals surface area (Å²) in [5.74, 6) is -0.234. The number of nitrogens with zero attached hydrogens (tertiary/aromatic N) is 1. The van der Waals surface area contributed by atoms with Gasteiger partial charge in [-0.15, -0.1) is 0 Å². The molecular formula is C14H12Cl2N2O2S. The molecule has 1 N–H and O–H groups in total. The minimum atomic E-state index is -0.439. The van der Waals surface area contributed by atoms with Gasteiger partial charge in [-0.25, -0.2) is 0 Å². The minimum absolute atomic E-state index is 0.234. The van der Waals surface area contributed by atoms with Crippen molar-refractivity contribution < 1.29 is 9.52 Å². The molecule has 0 fully saturated rings. The van der Waals surface area contributed by atoms with Gasteiger partial charge in [-0.2, -0.15) is 4.73 Å². The Kier molecular flexibility index (Phi) is 5.33. The van der Waals surface area contributed by atoms with Crippen molar-refractivity contribution >= 4 is 46.6 Å². The molecule has 110 valence electrons. The Morgan fingerprint density at radius 1 is 1.29 bits per heavy atom. The molecule has 0 saturated heterocycles. The van der Waals surface area contributed by atoms with Crippen molar-refractivity contribution in [1.29, 1.82) is 0 Å². The zero-order valence-electron chi connectivity index (χ0n) is 11.0. The Morgan fingerprint density at radius 3 is 2.57 bits per heavy atom. The van der Waals surface area contributed by atoms with Crippen LogP contribution in [0, 0.1) is 5.21 Å². The van der Waals surface area contributed by atoms with Crippen LogP contribution in [0.2, 0.25) is 10.0 Å². The smallest absolute Gasteiger partial charge is 0.252 e. The molecule has 0 aliphatic heterocycles. The number of amides is 1. The fraction of sp³-hybridized carbons (Fsp3) is 0.143. The number of carbonyl (C=O) groups is 1. The van der Waals surface area contributed by atoms with Crippen LogP contribution in [0.5, 0.6) is 0 Å². The van der Waals surface area contributed by atoms with E-state index in [1.165, 1.54) is 18.0 Å². The summed E-state index contributed by atoms with van der Waals surface area (Å²) in [6.45, 7) is 1.72. The highest BCUT2D eigenvalue weighted by Crippen LogP contribution is 2.24. The Morgan fingerprint density at radius 2 is 1.95 bits per heavy atom. The number of benzene rings is 1. The first-order valence-corrected chi connectivity index (χ1v) is 7.71. The maximum absolute atomic E-state index is 12.1. The van der Waals surface area contributed by atoms with Crippen LogP contribution >= 0.6 is 35.0 Å². The van der Waals surface area contributed by atoms with Crippen LogP contribution in [0.1, 0.15) is 6.92 Å². The number of halogens is 2. The summed E-state index contributed by atoms with van der Waals surface area (Å²) < 4.78 is 0.727. The van der Waals surface area contributed by atoms with Crippen molar-refractivity contribution in [2.24, 2.45) is 0 Å². The van der Waals surface area contributed by atoms with E-state index in [0.29, 0.717) is 20.8 Å². The Labute approximate surface area is 136 Å². The molecule has 0 radical (unpaired) electrons. The Hall–Kier alpha value is -1.43. The van der Waals surface area contributed by atoms with E-state index in [1.807, 2.05) is 0 Å². The summed E-state index contributed by atoms with van der Waals surface area (Å²) >= 11 is 12.9. The van der Waals surface area contributed by atoms with Gasteiger partial charge in [0.15, 0.2) is 6.20 Å².